The Morgan fingerprint density at radius 3 is 2.74 bits per heavy atom. The number of benzene rings is 1. The number of aliphatic hydroxyl groups excluding tert-OH is 1. The maximum atomic E-state index is 13.6. The molecular formula is C14H19FN2O2. The van der Waals surface area contributed by atoms with Gasteiger partial charge in [-0.2, -0.15) is 0 Å². The Bertz CT molecular complexity index is 457. The molecule has 0 unspecified atom stereocenters. The van der Waals surface area contributed by atoms with Gasteiger partial charge in [0.15, 0.2) is 0 Å². The molecule has 1 amide bonds. The van der Waals surface area contributed by atoms with Crippen LogP contribution in [-0.2, 0) is 11.4 Å². The van der Waals surface area contributed by atoms with Crippen molar-refractivity contribution in [1.29, 1.82) is 0 Å². The van der Waals surface area contributed by atoms with Gasteiger partial charge in [0.05, 0.1) is 6.61 Å². The lowest BCUT2D eigenvalue weighted by Crippen LogP contribution is -2.44. The Morgan fingerprint density at radius 2 is 2.16 bits per heavy atom. The van der Waals surface area contributed by atoms with Crippen molar-refractivity contribution < 1.29 is 14.3 Å². The van der Waals surface area contributed by atoms with E-state index in [4.69, 9.17) is 0 Å². The quantitative estimate of drug-likeness (QED) is 0.870. The van der Waals surface area contributed by atoms with Crippen molar-refractivity contribution in [3.8, 4) is 0 Å². The maximum Gasteiger partial charge on any atom is 0.217 e. The molecule has 0 atom stereocenters. The second-order valence-corrected chi connectivity index (χ2v) is 4.86. The maximum absolute atomic E-state index is 13.6. The normalized spacial score (nSPS) is 16.5. The second-order valence-electron chi connectivity index (χ2n) is 4.86. The molecule has 1 aromatic carbocycles. The molecule has 1 aliphatic heterocycles. The number of aliphatic hydroxyl groups is 1. The summed E-state index contributed by atoms with van der Waals surface area (Å²) < 4.78 is 13.6. The number of carbonyl (C=O) groups excluding carboxylic acids is 1. The molecule has 4 nitrogen and oxygen atoms in total. The van der Waals surface area contributed by atoms with Gasteiger partial charge in [0.1, 0.15) is 5.82 Å². The van der Waals surface area contributed by atoms with Gasteiger partial charge in [-0.25, -0.2) is 4.39 Å². The average molecular weight is 266 g/mol. The molecule has 0 radical (unpaired) electrons. The summed E-state index contributed by atoms with van der Waals surface area (Å²) in [6.07, 6.45) is 1.67. The first-order valence-electron chi connectivity index (χ1n) is 6.52. The minimum Gasteiger partial charge on any atom is -0.391 e. The van der Waals surface area contributed by atoms with Crippen LogP contribution in [0.3, 0.4) is 0 Å². The standard InChI is InChI=1S/C14H19FN2O2/c1-10(19)16-11-5-7-17(8-6-11)14-4-2-3-13(15)12(14)9-18/h2-4,11,18H,5-9H2,1H3,(H,16,19). The van der Waals surface area contributed by atoms with E-state index in [0.717, 1.165) is 31.6 Å². The highest BCUT2D eigenvalue weighted by Crippen LogP contribution is 2.26. The number of carbonyl (C=O) groups is 1. The molecule has 1 aliphatic rings. The molecule has 0 spiro atoms. The third kappa shape index (κ3) is 3.23. The molecule has 2 N–H and O–H groups in total. The lowest BCUT2D eigenvalue weighted by molar-refractivity contribution is -0.119. The summed E-state index contributed by atoms with van der Waals surface area (Å²) in [6.45, 7) is 2.72. The summed E-state index contributed by atoms with van der Waals surface area (Å²) in [4.78, 5) is 13.1. The van der Waals surface area contributed by atoms with Crippen LogP contribution in [0.1, 0.15) is 25.3 Å². The molecule has 2 rings (SSSR count). The zero-order valence-corrected chi connectivity index (χ0v) is 11.0. The van der Waals surface area contributed by atoms with Crippen LogP contribution in [0.5, 0.6) is 0 Å². The second kappa shape index (κ2) is 6.02. The van der Waals surface area contributed by atoms with Gasteiger partial charge in [0.2, 0.25) is 5.91 Å². The molecule has 0 aliphatic carbocycles. The molecule has 19 heavy (non-hydrogen) atoms. The molecule has 1 heterocycles. The van der Waals surface area contributed by atoms with E-state index in [1.807, 2.05) is 6.07 Å². The van der Waals surface area contributed by atoms with Crippen molar-refractivity contribution in [3.05, 3.63) is 29.6 Å². The first-order valence-corrected chi connectivity index (χ1v) is 6.52. The summed E-state index contributed by atoms with van der Waals surface area (Å²) in [5.74, 6) is -0.385. The summed E-state index contributed by atoms with van der Waals surface area (Å²) >= 11 is 0. The number of nitrogens with one attached hydrogen (secondary N) is 1. The molecule has 1 fully saturated rings. The summed E-state index contributed by atoms with van der Waals surface area (Å²) in [5.41, 5.74) is 1.10. The highest BCUT2D eigenvalue weighted by Gasteiger charge is 2.22. The van der Waals surface area contributed by atoms with E-state index in [1.165, 1.54) is 13.0 Å². The minimum absolute atomic E-state index is 0.0137. The van der Waals surface area contributed by atoms with E-state index < -0.39 is 0 Å². The number of halogens is 1. The smallest absolute Gasteiger partial charge is 0.217 e. The average Bonchev–Trinajstić information content (AvgIpc) is 2.38. The number of rotatable bonds is 3. The lowest BCUT2D eigenvalue weighted by Gasteiger charge is -2.34. The van der Waals surface area contributed by atoms with Crippen LogP contribution in [0.2, 0.25) is 0 Å². The van der Waals surface area contributed by atoms with Gasteiger partial charge < -0.3 is 15.3 Å². The fourth-order valence-corrected chi connectivity index (χ4v) is 2.55. The number of anilines is 1. The van der Waals surface area contributed by atoms with Crippen LogP contribution < -0.4 is 10.2 Å². The van der Waals surface area contributed by atoms with E-state index in [-0.39, 0.29) is 24.4 Å². The third-order valence-electron chi connectivity index (χ3n) is 3.50. The van der Waals surface area contributed by atoms with Crippen LogP contribution in [-0.4, -0.2) is 30.1 Å². The first-order chi connectivity index (χ1) is 9.11. The number of hydrogen-bond acceptors (Lipinski definition) is 3. The monoisotopic (exact) mass is 266 g/mol. The third-order valence-corrected chi connectivity index (χ3v) is 3.50. The Kier molecular flexibility index (Phi) is 4.37. The van der Waals surface area contributed by atoms with Crippen molar-refractivity contribution in [2.75, 3.05) is 18.0 Å². The Balaban J connectivity index is 2.05. The van der Waals surface area contributed by atoms with Crippen molar-refractivity contribution >= 4 is 11.6 Å². The zero-order valence-electron chi connectivity index (χ0n) is 11.0. The van der Waals surface area contributed by atoms with E-state index in [2.05, 4.69) is 10.2 Å². The highest BCUT2D eigenvalue weighted by molar-refractivity contribution is 5.73. The Morgan fingerprint density at radius 1 is 1.47 bits per heavy atom. The molecule has 5 heteroatoms. The van der Waals surface area contributed by atoms with Crippen molar-refractivity contribution in [3.63, 3.8) is 0 Å². The molecular weight excluding hydrogens is 247 g/mol. The van der Waals surface area contributed by atoms with Gasteiger partial charge in [-0.15, -0.1) is 0 Å². The van der Waals surface area contributed by atoms with Crippen molar-refractivity contribution in [2.45, 2.75) is 32.4 Å². The van der Waals surface area contributed by atoms with Crippen LogP contribution in [0.15, 0.2) is 18.2 Å². The van der Waals surface area contributed by atoms with Gasteiger partial charge in [0.25, 0.3) is 0 Å². The summed E-state index contributed by atoms with van der Waals surface area (Å²) in [6, 6.07) is 5.04. The summed E-state index contributed by atoms with van der Waals surface area (Å²) in [5, 5.41) is 12.2. The Labute approximate surface area is 112 Å². The molecule has 0 saturated carbocycles. The van der Waals surface area contributed by atoms with Crippen LogP contribution in [0.4, 0.5) is 10.1 Å². The van der Waals surface area contributed by atoms with Gasteiger partial charge in [-0.05, 0) is 25.0 Å². The lowest BCUT2D eigenvalue weighted by atomic mass is 10.0. The van der Waals surface area contributed by atoms with Crippen molar-refractivity contribution in [1.82, 2.24) is 5.32 Å². The molecule has 0 bridgehead atoms. The largest absolute Gasteiger partial charge is 0.391 e. The molecule has 1 saturated heterocycles. The first kappa shape index (κ1) is 13.8. The number of piperidine rings is 1. The minimum atomic E-state index is -0.371. The topological polar surface area (TPSA) is 52.6 Å². The molecule has 0 aromatic heterocycles. The molecule has 1 aromatic rings. The van der Waals surface area contributed by atoms with Crippen LogP contribution >= 0.6 is 0 Å². The SMILES string of the molecule is CC(=O)NC1CCN(c2cccc(F)c2CO)CC1. The summed E-state index contributed by atoms with van der Waals surface area (Å²) in [7, 11) is 0. The van der Waals surface area contributed by atoms with E-state index in [9.17, 15) is 14.3 Å². The van der Waals surface area contributed by atoms with Gasteiger partial charge in [-0.1, -0.05) is 6.07 Å². The van der Waals surface area contributed by atoms with Crippen LogP contribution in [0.25, 0.3) is 0 Å². The van der Waals surface area contributed by atoms with E-state index in [1.54, 1.807) is 6.07 Å². The van der Waals surface area contributed by atoms with E-state index in [0.29, 0.717) is 5.56 Å². The van der Waals surface area contributed by atoms with Crippen LogP contribution in [0, 0.1) is 5.82 Å². The van der Waals surface area contributed by atoms with Gasteiger partial charge in [-0.3, -0.25) is 4.79 Å². The fraction of sp³-hybridized carbons (Fsp3) is 0.500. The Hall–Kier alpha value is -1.62. The zero-order chi connectivity index (χ0) is 13.8. The number of nitrogens with zero attached hydrogens (tertiary/aromatic N) is 1. The fourth-order valence-electron chi connectivity index (χ4n) is 2.55. The number of amides is 1. The van der Waals surface area contributed by atoms with E-state index >= 15 is 0 Å². The number of hydrogen-bond donors (Lipinski definition) is 2. The predicted octanol–water partition coefficient (Wildman–Crippen LogP) is 1.42. The molecule has 104 valence electrons. The predicted molar refractivity (Wildman–Crippen MR) is 71.4 cm³/mol. The van der Waals surface area contributed by atoms with Gasteiger partial charge in [0, 0.05) is 37.3 Å². The van der Waals surface area contributed by atoms with Gasteiger partial charge >= 0.3 is 0 Å². The highest BCUT2D eigenvalue weighted by atomic mass is 19.1. The van der Waals surface area contributed by atoms with Crippen molar-refractivity contribution in [2.24, 2.45) is 0 Å².